The summed E-state index contributed by atoms with van der Waals surface area (Å²) in [7, 11) is 1.60. The highest BCUT2D eigenvalue weighted by Crippen LogP contribution is 2.24. The molecule has 0 saturated heterocycles. The van der Waals surface area contributed by atoms with Gasteiger partial charge in [-0.05, 0) is 18.2 Å². The van der Waals surface area contributed by atoms with Crippen molar-refractivity contribution in [3.63, 3.8) is 0 Å². The van der Waals surface area contributed by atoms with Gasteiger partial charge in [0.05, 0.1) is 0 Å². The van der Waals surface area contributed by atoms with E-state index in [0.717, 1.165) is 16.5 Å². The van der Waals surface area contributed by atoms with E-state index in [0.29, 0.717) is 17.3 Å². The Kier molecular flexibility index (Phi) is 4.65. The van der Waals surface area contributed by atoms with Gasteiger partial charge >= 0.3 is 0 Å². The number of H-pyrrole nitrogens is 1. The van der Waals surface area contributed by atoms with E-state index in [-0.39, 0.29) is 12.0 Å². The largest absolute Gasteiger partial charge is 0.375 e. The SMILES string of the molecule is CO[C@H](CNC(=O)c1cc2ccccc2[nH]1)c1ccccc1Cl. The maximum absolute atomic E-state index is 12.3. The third-order valence-corrected chi connectivity index (χ3v) is 4.10. The van der Waals surface area contributed by atoms with Crippen molar-refractivity contribution in [2.75, 3.05) is 13.7 Å². The van der Waals surface area contributed by atoms with Crippen LogP contribution in [-0.2, 0) is 4.74 Å². The molecule has 118 valence electrons. The number of methoxy groups -OCH3 is 1. The molecule has 1 atom stereocenters. The summed E-state index contributed by atoms with van der Waals surface area (Å²) in [6.07, 6.45) is -0.294. The minimum Gasteiger partial charge on any atom is -0.375 e. The Labute approximate surface area is 139 Å². The van der Waals surface area contributed by atoms with Crippen molar-refractivity contribution in [2.24, 2.45) is 0 Å². The van der Waals surface area contributed by atoms with Crippen LogP contribution in [0.25, 0.3) is 10.9 Å². The second kappa shape index (κ2) is 6.86. The van der Waals surface area contributed by atoms with Crippen LogP contribution >= 0.6 is 11.6 Å². The summed E-state index contributed by atoms with van der Waals surface area (Å²) in [6, 6.07) is 17.1. The van der Waals surface area contributed by atoms with Crippen molar-refractivity contribution in [1.82, 2.24) is 10.3 Å². The minimum absolute atomic E-state index is 0.171. The molecule has 23 heavy (non-hydrogen) atoms. The molecule has 0 spiro atoms. The van der Waals surface area contributed by atoms with Crippen LogP contribution in [0.5, 0.6) is 0 Å². The van der Waals surface area contributed by atoms with Gasteiger partial charge in [-0.2, -0.15) is 0 Å². The second-order valence-electron chi connectivity index (χ2n) is 5.23. The average molecular weight is 329 g/mol. The number of nitrogens with one attached hydrogen (secondary N) is 2. The Bertz CT molecular complexity index is 796. The lowest BCUT2D eigenvalue weighted by Gasteiger charge is -2.17. The average Bonchev–Trinajstić information content (AvgIpc) is 3.01. The van der Waals surface area contributed by atoms with Gasteiger partial charge in [-0.1, -0.05) is 48.0 Å². The van der Waals surface area contributed by atoms with E-state index in [1.165, 1.54) is 0 Å². The van der Waals surface area contributed by atoms with Crippen molar-refractivity contribution in [1.29, 1.82) is 0 Å². The number of amides is 1. The van der Waals surface area contributed by atoms with Crippen LogP contribution in [0.2, 0.25) is 5.02 Å². The molecular weight excluding hydrogens is 312 g/mol. The molecule has 0 aliphatic rings. The lowest BCUT2D eigenvalue weighted by Crippen LogP contribution is -2.29. The van der Waals surface area contributed by atoms with E-state index in [4.69, 9.17) is 16.3 Å². The first kappa shape index (κ1) is 15.6. The van der Waals surface area contributed by atoms with Crippen LogP contribution in [0.1, 0.15) is 22.2 Å². The lowest BCUT2D eigenvalue weighted by atomic mass is 10.1. The number of benzene rings is 2. The normalized spacial score (nSPS) is 12.3. The molecule has 3 aromatic rings. The monoisotopic (exact) mass is 328 g/mol. The van der Waals surface area contributed by atoms with Crippen LogP contribution in [0.3, 0.4) is 0 Å². The number of aromatic nitrogens is 1. The third kappa shape index (κ3) is 3.38. The van der Waals surface area contributed by atoms with E-state index in [2.05, 4.69) is 10.3 Å². The zero-order valence-corrected chi connectivity index (χ0v) is 13.4. The van der Waals surface area contributed by atoms with Crippen molar-refractivity contribution in [3.05, 3.63) is 70.9 Å². The molecule has 1 heterocycles. The Morgan fingerprint density at radius 3 is 2.70 bits per heavy atom. The van der Waals surface area contributed by atoms with Crippen LogP contribution in [0.15, 0.2) is 54.6 Å². The molecule has 2 N–H and O–H groups in total. The van der Waals surface area contributed by atoms with Crippen molar-refractivity contribution < 1.29 is 9.53 Å². The van der Waals surface area contributed by atoms with E-state index < -0.39 is 0 Å². The molecule has 0 fully saturated rings. The first-order chi connectivity index (χ1) is 11.2. The van der Waals surface area contributed by atoms with Gasteiger partial charge in [0.15, 0.2) is 0 Å². The summed E-state index contributed by atoms with van der Waals surface area (Å²) in [5.74, 6) is -0.171. The van der Waals surface area contributed by atoms with Gasteiger partial charge in [0.1, 0.15) is 11.8 Å². The van der Waals surface area contributed by atoms with E-state index in [9.17, 15) is 4.79 Å². The number of ether oxygens (including phenoxy) is 1. The maximum Gasteiger partial charge on any atom is 0.267 e. The van der Waals surface area contributed by atoms with Gasteiger partial charge in [-0.3, -0.25) is 4.79 Å². The number of para-hydroxylation sites is 1. The van der Waals surface area contributed by atoms with Crippen molar-refractivity contribution in [2.45, 2.75) is 6.10 Å². The molecule has 0 saturated carbocycles. The van der Waals surface area contributed by atoms with Crippen molar-refractivity contribution >= 4 is 28.4 Å². The predicted octanol–water partition coefficient (Wildman–Crippen LogP) is 3.94. The van der Waals surface area contributed by atoms with Gasteiger partial charge in [0, 0.05) is 35.1 Å². The first-order valence-corrected chi connectivity index (χ1v) is 7.70. The number of rotatable bonds is 5. The number of fused-ring (bicyclic) bond motifs is 1. The van der Waals surface area contributed by atoms with Gasteiger partial charge in [0.25, 0.3) is 5.91 Å². The third-order valence-electron chi connectivity index (χ3n) is 3.76. The Balaban J connectivity index is 1.71. The molecule has 5 heteroatoms. The number of carbonyl (C=O) groups is 1. The molecular formula is C18H17ClN2O2. The van der Waals surface area contributed by atoms with Gasteiger partial charge in [0.2, 0.25) is 0 Å². The topological polar surface area (TPSA) is 54.1 Å². The highest BCUT2D eigenvalue weighted by atomic mass is 35.5. The Morgan fingerprint density at radius 1 is 1.22 bits per heavy atom. The van der Waals surface area contributed by atoms with Crippen LogP contribution in [-0.4, -0.2) is 24.5 Å². The minimum atomic E-state index is -0.294. The van der Waals surface area contributed by atoms with Crippen LogP contribution in [0.4, 0.5) is 0 Å². The summed E-state index contributed by atoms with van der Waals surface area (Å²) in [5, 5.41) is 4.51. The zero-order chi connectivity index (χ0) is 16.2. The first-order valence-electron chi connectivity index (χ1n) is 7.32. The second-order valence-corrected chi connectivity index (χ2v) is 5.63. The highest BCUT2D eigenvalue weighted by Gasteiger charge is 2.16. The smallest absolute Gasteiger partial charge is 0.267 e. The number of carbonyl (C=O) groups excluding carboxylic acids is 1. The molecule has 0 bridgehead atoms. The fourth-order valence-electron chi connectivity index (χ4n) is 2.53. The molecule has 1 aromatic heterocycles. The van der Waals surface area contributed by atoms with Crippen molar-refractivity contribution in [3.8, 4) is 0 Å². The van der Waals surface area contributed by atoms with E-state index in [1.54, 1.807) is 7.11 Å². The summed E-state index contributed by atoms with van der Waals surface area (Å²) in [5.41, 5.74) is 2.32. The number of hydrogen-bond acceptors (Lipinski definition) is 2. The quantitative estimate of drug-likeness (QED) is 0.745. The molecule has 0 radical (unpaired) electrons. The van der Waals surface area contributed by atoms with Crippen LogP contribution < -0.4 is 5.32 Å². The molecule has 0 aliphatic carbocycles. The standard InChI is InChI=1S/C18H17ClN2O2/c1-23-17(13-7-3-4-8-14(13)19)11-20-18(22)16-10-12-6-2-5-9-15(12)21-16/h2-10,17,21H,11H2,1H3,(H,20,22)/t17-/m1/s1. The fourth-order valence-corrected chi connectivity index (χ4v) is 2.79. The number of aromatic amines is 1. The lowest BCUT2D eigenvalue weighted by molar-refractivity contribution is 0.0825. The zero-order valence-electron chi connectivity index (χ0n) is 12.7. The number of hydrogen-bond donors (Lipinski definition) is 2. The molecule has 0 aliphatic heterocycles. The Morgan fingerprint density at radius 2 is 1.96 bits per heavy atom. The highest BCUT2D eigenvalue weighted by molar-refractivity contribution is 6.31. The van der Waals surface area contributed by atoms with Gasteiger partial charge < -0.3 is 15.0 Å². The van der Waals surface area contributed by atoms with Gasteiger partial charge in [-0.25, -0.2) is 0 Å². The van der Waals surface area contributed by atoms with E-state index in [1.807, 2.05) is 54.6 Å². The number of halogens is 1. The molecule has 4 nitrogen and oxygen atoms in total. The fraction of sp³-hybridized carbons (Fsp3) is 0.167. The summed E-state index contributed by atoms with van der Waals surface area (Å²) in [6.45, 7) is 0.342. The summed E-state index contributed by atoms with van der Waals surface area (Å²) < 4.78 is 5.45. The molecule has 1 amide bonds. The Hall–Kier alpha value is -2.30. The maximum atomic E-state index is 12.3. The van der Waals surface area contributed by atoms with Gasteiger partial charge in [-0.15, -0.1) is 0 Å². The summed E-state index contributed by atoms with van der Waals surface area (Å²) >= 11 is 6.18. The summed E-state index contributed by atoms with van der Waals surface area (Å²) in [4.78, 5) is 15.4. The molecule has 3 rings (SSSR count). The van der Waals surface area contributed by atoms with Crippen LogP contribution in [0, 0.1) is 0 Å². The predicted molar refractivity (Wildman–Crippen MR) is 91.8 cm³/mol. The van der Waals surface area contributed by atoms with E-state index >= 15 is 0 Å². The molecule has 0 unspecified atom stereocenters. The molecule has 2 aromatic carbocycles.